The molecule has 126 valence electrons. The molecule has 0 radical (unpaired) electrons. The highest BCUT2D eigenvalue weighted by atomic mass is 16.5. The number of rotatable bonds is 3. The van der Waals surface area contributed by atoms with Crippen molar-refractivity contribution in [2.45, 2.75) is 12.8 Å². The third-order valence-corrected chi connectivity index (χ3v) is 4.54. The van der Waals surface area contributed by atoms with Crippen LogP contribution < -0.4 is 9.64 Å². The van der Waals surface area contributed by atoms with Crippen LogP contribution >= 0.6 is 0 Å². The highest BCUT2D eigenvalue weighted by molar-refractivity contribution is 6.23. The molecule has 1 aliphatic heterocycles. The lowest BCUT2D eigenvalue weighted by Gasteiger charge is -2.18. The number of fused-ring (bicyclic) bond motifs is 1. The molecule has 2 aliphatic rings. The standard InChI is InChI=1S/C19H15NO5/c21-17-12-6-1-2-7-13(12)18(22)20(17)14-8-3-4-9-15(14)25-19(23)16-10-5-11-24-16/h1-5,8-13H,6-7H2/t12-,13-/m1/s1. The van der Waals surface area contributed by atoms with Crippen LogP contribution in [0, 0.1) is 11.8 Å². The molecule has 0 saturated carbocycles. The highest BCUT2D eigenvalue weighted by Crippen LogP contribution is 2.40. The Labute approximate surface area is 143 Å². The number of esters is 1. The second kappa shape index (κ2) is 6.05. The molecule has 6 nitrogen and oxygen atoms in total. The van der Waals surface area contributed by atoms with Gasteiger partial charge in [0.15, 0.2) is 5.75 Å². The molecule has 1 saturated heterocycles. The number of para-hydroxylation sites is 2. The number of carbonyl (C=O) groups is 3. The third-order valence-electron chi connectivity index (χ3n) is 4.54. The summed E-state index contributed by atoms with van der Waals surface area (Å²) in [6.45, 7) is 0. The normalized spacial score (nSPS) is 22.2. The molecule has 2 atom stereocenters. The van der Waals surface area contributed by atoms with E-state index in [1.165, 1.54) is 12.3 Å². The van der Waals surface area contributed by atoms with Crippen molar-refractivity contribution in [2.75, 3.05) is 4.90 Å². The van der Waals surface area contributed by atoms with Crippen molar-refractivity contribution in [3.05, 3.63) is 60.6 Å². The molecule has 6 heteroatoms. The summed E-state index contributed by atoms with van der Waals surface area (Å²) in [5, 5.41) is 0. The first-order valence-corrected chi connectivity index (χ1v) is 8.04. The van der Waals surface area contributed by atoms with Crippen molar-refractivity contribution < 1.29 is 23.5 Å². The summed E-state index contributed by atoms with van der Waals surface area (Å²) in [5.74, 6) is -1.67. The fourth-order valence-electron chi connectivity index (χ4n) is 3.31. The van der Waals surface area contributed by atoms with Crippen LogP contribution in [0.3, 0.4) is 0 Å². The largest absolute Gasteiger partial charge is 0.457 e. The fourth-order valence-corrected chi connectivity index (χ4v) is 3.31. The summed E-state index contributed by atoms with van der Waals surface area (Å²) in [4.78, 5) is 38.7. The van der Waals surface area contributed by atoms with E-state index in [1.54, 1.807) is 30.3 Å². The predicted octanol–water partition coefficient (Wildman–Crippen LogP) is 2.95. The number of hydrogen-bond acceptors (Lipinski definition) is 5. The number of amides is 2. The fraction of sp³-hybridized carbons (Fsp3) is 0.211. The number of benzene rings is 1. The van der Waals surface area contributed by atoms with E-state index in [-0.39, 0.29) is 40.8 Å². The maximum Gasteiger partial charge on any atom is 0.379 e. The highest BCUT2D eigenvalue weighted by Gasteiger charge is 2.48. The summed E-state index contributed by atoms with van der Waals surface area (Å²) in [7, 11) is 0. The van der Waals surface area contributed by atoms with Gasteiger partial charge in [0.2, 0.25) is 17.6 Å². The van der Waals surface area contributed by atoms with E-state index in [0.29, 0.717) is 12.8 Å². The molecule has 1 aromatic heterocycles. The van der Waals surface area contributed by atoms with Crippen LogP contribution in [0.1, 0.15) is 23.4 Å². The van der Waals surface area contributed by atoms with Crippen molar-refractivity contribution in [1.29, 1.82) is 0 Å². The second-order valence-electron chi connectivity index (χ2n) is 6.00. The summed E-state index contributed by atoms with van der Waals surface area (Å²) < 4.78 is 10.4. The predicted molar refractivity (Wildman–Crippen MR) is 88.0 cm³/mol. The molecule has 0 unspecified atom stereocenters. The third kappa shape index (κ3) is 2.55. The van der Waals surface area contributed by atoms with Crippen LogP contribution in [0.2, 0.25) is 0 Å². The Morgan fingerprint density at radius 1 is 1.00 bits per heavy atom. The van der Waals surface area contributed by atoms with Crippen LogP contribution in [0.15, 0.2) is 59.2 Å². The summed E-state index contributed by atoms with van der Waals surface area (Å²) in [5.41, 5.74) is 0.284. The number of ether oxygens (including phenoxy) is 1. The lowest BCUT2D eigenvalue weighted by Crippen LogP contribution is -2.31. The van der Waals surface area contributed by atoms with E-state index >= 15 is 0 Å². The smallest absolute Gasteiger partial charge is 0.379 e. The van der Waals surface area contributed by atoms with Gasteiger partial charge in [-0.1, -0.05) is 24.3 Å². The molecular formula is C19H15NO5. The number of furan rings is 1. The summed E-state index contributed by atoms with van der Waals surface area (Å²) >= 11 is 0. The Morgan fingerprint density at radius 3 is 2.32 bits per heavy atom. The van der Waals surface area contributed by atoms with Crippen LogP contribution in [-0.4, -0.2) is 17.8 Å². The van der Waals surface area contributed by atoms with Crippen LogP contribution in [0.5, 0.6) is 5.75 Å². The lowest BCUT2D eigenvalue weighted by atomic mass is 9.85. The average Bonchev–Trinajstić information content (AvgIpc) is 3.25. The molecule has 1 fully saturated rings. The first-order valence-electron chi connectivity index (χ1n) is 8.04. The molecule has 0 bridgehead atoms. The zero-order valence-electron chi connectivity index (χ0n) is 13.3. The Bertz CT molecular complexity index is 842. The van der Waals surface area contributed by atoms with Gasteiger partial charge in [0, 0.05) is 0 Å². The molecule has 0 N–H and O–H groups in total. The minimum Gasteiger partial charge on any atom is -0.457 e. The zero-order valence-corrected chi connectivity index (χ0v) is 13.3. The van der Waals surface area contributed by atoms with E-state index in [9.17, 15) is 14.4 Å². The number of hydrogen-bond donors (Lipinski definition) is 0. The topological polar surface area (TPSA) is 76.8 Å². The van der Waals surface area contributed by atoms with Crippen LogP contribution in [0.4, 0.5) is 5.69 Å². The van der Waals surface area contributed by atoms with Gasteiger partial charge in [0.05, 0.1) is 23.8 Å². The quantitative estimate of drug-likeness (QED) is 0.372. The Kier molecular flexibility index (Phi) is 3.72. The van der Waals surface area contributed by atoms with Gasteiger partial charge in [0.1, 0.15) is 0 Å². The monoisotopic (exact) mass is 337 g/mol. The Hall–Kier alpha value is -3.15. The molecule has 2 heterocycles. The van der Waals surface area contributed by atoms with E-state index in [4.69, 9.17) is 9.15 Å². The Morgan fingerprint density at radius 2 is 1.68 bits per heavy atom. The average molecular weight is 337 g/mol. The van der Waals surface area contributed by atoms with E-state index in [1.807, 2.05) is 12.2 Å². The molecule has 25 heavy (non-hydrogen) atoms. The van der Waals surface area contributed by atoms with Crippen molar-refractivity contribution in [3.8, 4) is 5.75 Å². The van der Waals surface area contributed by atoms with Crippen molar-refractivity contribution in [1.82, 2.24) is 0 Å². The van der Waals surface area contributed by atoms with Gasteiger partial charge in [0.25, 0.3) is 0 Å². The van der Waals surface area contributed by atoms with E-state index in [0.717, 1.165) is 4.90 Å². The van der Waals surface area contributed by atoms with Gasteiger partial charge in [-0.2, -0.15) is 0 Å². The molecule has 1 aromatic carbocycles. The number of nitrogens with zero attached hydrogens (tertiary/aromatic N) is 1. The maximum atomic E-state index is 12.7. The first-order chi connectivity index (χ1) is 12.2. The minimum absolute atomic E-state index is 0.0479. The lowest BCUT2D eigenvalue weighted by molar-refractivity contribution is -0.122. The van der Waals surface area contributed by atoms with Crippen molar-refractivity contribution in [2.24, 2.45) is 11.8 Å². The van der Waals surface area contributed by atoms with Crippen LogP contribution in [-0.2, 0) is 9.59 Å². The van der Waals surface area contributed by atoms with Crippen molar-refractivity contribution >= 4 is 23.5 Å². The van der Waals surface area contributed by atoms with Gasteiger partial charge >= 0.3 is 5.97 Å². The zero-order chi connectivity index (χ0) is 17.4. The number of anilines is 1. The van der Waals surface area contributed by atoms with Crippen molar-refractivity contribution in [3.63, 3.8) is 0 Å². The molecule has 0 spiro atoms. The SMILES string of the molecule is O=C(Oc1ccccc1N1C(=O)[C@@H]2CC=CC[C@H]2C1=O)c1ccco1. The van der Waals surface area contributed by atoms with Gasteiger partial charge < -0.3 is 9.15 Å². The van der Waals surface area contributed by atoms with Crippen LogP contribution in [0.25, 0.3) is 0 Å². The summed E-state index contributed by atoms with van der Waals surface area (Å²) in [6, 6.07) is 9.58. The second-order valence-corrected chi connectivity index (χ2v) is 6.00. The number of imide groups is 1. The maximum absolute atomic E-state index is 12.7. The van der Waals surface area contributed by atoms with Gasteiger partial charge in [-0.05, 0) is 37.1 Å². The van der Waals surface area contributed by atoms with Gasteiger partial charge in [-0.25, -0.2) is 9.69 Å². The molecular weight excluding hydrogens is 322 g/mol. The summed E-state index contributed by atoms with van der Waals surface area (Å²) in [6.07, 6.45) is 6.34. The Balaban J connectivity index is 1.66. The van der Waals surface area contributed by atoms with E-state index in [2.05, 4.69) is 0 Å². The van der Waals surface area contributed by atoms with E-state index < -0.39 is 5.97 Å². The molecule has 4 rings (SSSR count). The number of carbonyl (C=O) groups excluding carboxylic acids is 3. The molecule has 2 amide bonds. The molecule has 2 aromatic rings. The van der Waals surface area contributed by atoms with Gasteiger partial charge in [-0.3, -0.25) is 9.59 Å². The number of allylic oxidation sites excluding steroid dienone is 2. The van der Waals surface area contributed by atoms with Gasteiger partial charge in [-0.15, -0.1) is 0 Å². The first kappa shape index (κ1) is 15.4. The molecule has 1 aliphatic carbocycles. The minimum atomic E-state index is -0.685.